The van der Waals surface area contributed by atoms with E-state index in [2.05, 4.69) is 58.8 Å². The molecule has 4 fully saturated rings. The van der Waals surface area contributed by atoms with Gasteiger partial charge in [0.1, 0.15) is 24.4 Å². The zero-order chi connectivity index (χ0) is 39.0. The van der Waals surface area contributed by atoms with Crippen LogP contribution in [0.4, 0.5) is 0 Å². The van der Waals surface area contributed by atoms with Gasteiger partial charge in [-0.15, -0.1) is 0 Å². The van der Waals surface area contributed by atoms with Gasteiger partial charge in [-0.05, 0) is 115 Å². The molecule has 0 amide bonds. The van der Waals surface area contributed by atoms with Gasteiger partial charge >= 0.3 is 5.97 Å². The Morgan fingerprint density at radius 2 is 1.52 bits per heavy atom. The number of methoxy groups -OCH3 is 3. The Morgan fingerprint density at radius 1 is 0.796 bits per heavy atom. The van der Waals surface area contributed by atoms with Crippen molar-refractivity contribution in [2.45, 2.75) is 160 Å². The summed E-state index contributed by atoms with van der Waals surface area (Å²) in [5.74, 6) is 0.156. The fourth-order valence-corrected chi connectivity index (χ4v) is 10.9. The van der Waals surface area contributed by atoms with E-state index >= 15 is 0 Å². The van der Waals surface area contributed by atoms with Crippen LogP contribution >= 0.6 is 0 Å². The molecular formula is C43H69NO10. The lowest BCUT2D eigenvalue weighted by atomic mass is 9.67. The molecule has 306 valence electrons. The summed E-state index contributed by atoms with van der Waals surface area (Å²) in [6, 6.07) is 0.334. The number of carbonyl (C=O) groups is 2. The Labute approximate surface area is 324 Å². The molecule has 11 heteroatoms. The summed E-state index contributed by atoms with van der Waals surface area (Å²) in [6.45, 7) is 12.5. The molecule has 0 unspecified atom stereocenters. The van der Waals surface area contributed by atoms with Gasteiger partial charge in [-0.2, -0.15) is 0 Å². The first kappa shape index (κ1) is 41.9. The van der Waals surface area contributed by atoms with Crippen LogP contribution < -0.4 is 0 Å². The van der Waals surface area contributed by atoms with E-state index in [0.717, 1.165) is 44.1 Å². The minimum atomic E-state index is -0.601. The number of carbonyl (C=O) groups excluding carboxylic acids is 2. The molecule has 3 aliphatic carbocycles. The molecule has 0 aromatic heterocycles. The first-order valence-electron chi connectivity index (χ1n) is 20.8. The minimum Gasteiger partial charge on any atom is -0.462 e. The maximum absolute atomic E-state index is 14.8. The summed E-state index contributed by atoms with van der Waals surface area (Å²) in [6.07, 6.45) is 7.71. The summed E-state index contributed by atoms with van der Waals surface area (Å²) in [5.41, 5.74) is 2.07. The summed E-state index contributed by atoms with van der Waals surface area (Å²) < 4.78 is 49.9. The number of hydrogen-bond donors (Lipinski definition) is 0. The second-order valence-electron chi connectivity index (χ2n) is 17.7. The Balaban J connectivity index is 1.24. The van der Waals surface area contributed by atoms with E-state index in [1.807, 2.05) is 13.8 Å². The van der Waals surface area contributed by atoms with Gasteiger partial charge in [0, 0.05) is 39.2 Å². The van der Waals surface area contributed by atoms with Gasteiger partial charge in [0.2, 0.25) is 0 Å². The zero-order valence-corrected chi connectivity index (χ0v) is 34.7. The molecule has 6 rings (SSSR count). The molecule has 6 aliphatic rings. The van der Waals surface area contributed by atoms with Crippen molar-refractivity contribution < 1.29 is 47.5 Å². The molecule has 1 saturated carbocycles. The van der Waals surface area contributed by atoms with Crippen LogP contribution in [-0.4, -0.2) is 120 Å². The van der Waals surface area contributed by atoms with E-state index in [9.17, 15) is 9.59 Å². The van der Waals surface area contributed by atoms with Crippen molar-refractivity contribution in [1.29, 1.82) is 0 Å². The van der Waals surface area contributed by atoms with Crippen LogP contribution in [0.1, 0.15) is 92.9 Å². The van der Waals surface area contributed by atoms with E-state index < -0.39 is 12.4 Å². The van der Waals surface area contributed by atoms with Crippen LogP contribution in [0.5, 0.6) is 0 Å². The van der Waals surface area contributed by atoms with Gasteiger partial charge in [-0.25, -0.2) is 0 Å². The maximum atomic E-state index is 14.8. The van der Waals surface area contributed by atoms with Crippen LogP contribution in [0.3, 0.4) is 0 Å². The van der Waals surface area contributed by atoms with Crippen LogP contribution in [0.2, 0.25) is 0 Å². The second-order valence-corrected chi connectivity index (χ2v) is 17.7. The minimum absolute atomic E-state index is 0.0325. The summed E-state index contributed by atoms with van der Waals surface area (Å²) in [4.78, 5) is 30.7. The van der Waals surface area contributed by atoms with E-state index in [-0.39, 0.29) is 103 Å². The predicted octanol–water partition coefficient (Wildman–Crippen LogP) is 6.12. The molecule has 0 spiro atoms. The monoisotopic (exact) mass is 759 g/mol. The fourth-order valence-electron chi connectivity index (χ4n) is 10.9. The van der Waals surface area contributed by atoms with Gasteiger partial charge < -0.3 is 42.8 Å². The van der Waals surface area contributed by atoms with Crippen molar-refractivity contribution in [3.8, 4) is 0 Å². The van der Waals surface area contributed by atoms with E-state index in [1.165, 1.54) is 5.57 Å². The highest BCUT2D eigenvalue weighted by atomic mass is 16.7. The highest BCUT2D eigenvalue weighted by Crippen LogP contribution is 2.56. The number of nitrogens with zero attached hydrogens (tertiary/aromatic N) is 1. The van der Waals surface area contributed by atoms with Crippen molar-refractivity contribution in [2.75, 3.05) is 35.4 Å². The number of rotatable bonds is 9. The summed E-state index contributed by atoms with van der Waals surface area (Å²) >= 11 is 0. The van der Waals surface area contributed by atoms with Crippen LogP contribution in [0, 0.1) is 41.4 Å². The number of esters is 1. The lowest BCUT2D eigenvalue weighted by Crippen LogP contribution is -2.59. The Kier molecular flexibility index (Phi) is 13.8. The van der Waals surface area contributed by atoms with Crippen LogP contribution in [0.15, 0.2) is 23.3 Å². The lowest BCUT2D eigenvalue weighted by Gasteiger charge is -2.44. The Hall–Kier alpha value is -1.70. The average molecular weight is 760 g/mol. The van der Waals surface area contributed by atoms with Gasteiger partial charge in [0.15, 0.2) is 18.4 Å². The van der Waals surface area contributed by atoms with Crippen molar-refractivity contribution in [3.05, 3.63) is 23.3 Å². The second kappa shape index (κ2) is 17.8. The first-order valence-corrected chi connectivity index (χ1v) is 20.8. The standard InChI is InChI=1S/C43H69NO10/c1-22(2)35-13-12-14-36(54-38-16-15-34(44(7)8)25(5)50-38)24(4)39(46)33-20-31-29(32(33)21-37(45)53-35)17-23(3)28-18-27(19-30(28)31)52-43-42(49-11)41(48-10)40(47-9)26(6)51-43/h17,20,22,24-32,34-36,38,40-43H,12-16,18-19,21H2,1-11H3/t24-,25-,26+,27+,28+,29-,30-,31-,32+,34+,35-,36+,38+,40+,41-,42-,43+/m1/s1. The number of cyclic esters (lactones) is 1. The number of ether oxygens (including phenoxy) is 8. The molecular weight excluding hydrogens is 690 g/mol. The highest BCUT2D eigenvalue weighted by Gasteiger charge is 2.54. The SMILES string of the molecule is CO[C@@H]1[C@@H](OC)[C@H](C)O[C@@H](O[C@@H]2C[C@H]3[C@@H]4C=C5C(=O)[C@H](C)[C@@H](O[C@H]6CC[C@H](N(C)C)[C@@H](C)O6)CCC[C@H](C(C)C)OC(=O)C[C@H]5[C@@H]4C=C(C)[C@@H]3C2)[C@@H]1OC. The van der Waals surface area contributed by atoms with E-state index in [4.69, 9.17) is 37.9 Å². The smallest absolute Gasteiger partial charge is 0.306 e. The van der Waals surface area contributed by atoms with Crippen LogP contribution in [-0.2, 0) is 47.5 Å². The van der Waals surface area contributed by atoms with Gasteiger partial charge in [0.25, 0.3) is 0 Å². The number of allylic oxidation sites excluding steroid dienone is 4. The molecule has 0 aromatic rings. The predicted molar refractivity (Wildman–Crippen MR) is 203 cm³/mol. The van der Waals surface area contributed by atoms with Gasteiger partial charge in [-0.1, -0.05) is 38.5 Å². The lowest BCUT2D eigenvalue weighted by molar-refractivity contribution is -0.314. The third-order valence-electron chi connectivity index (χ3n) is 13.9. The largest absolute Gasteiger partial charge is 0.462 e. The maximum Gasteiger partial charge on any atom is 0.306 e. The van der Waals surface area contributed by atoms with Crippen molar-refractivity contribution >= 4 is 11.8 Å². The van der Waals surface area contributed by atoms with Gasteiger partial charge in [-0.3, -0.25) is 9.59 Å². The third-order valence-corrected chi connectivity index (χ3v) is 13.9. The molecule has 0 N–H and O–H groups in total. The summed E-state index contributed by atoms with van der Waals surface area (Å²) in [5, 5.41) is 0. The Morgan fingerprint density at radius 3 is 2.17 bits per heavy atom. The molecule has 0 radical (unpaired) electrons. The first-order chi connectivity index (χ1) is 25.8. The summed E-state index contributed by atoms with van der Waals surface area (Å²) in [7, 11) is 9.17. The molecule has 3 heterocycles. The van der Waals surface area contributed by atoms with E-state index in [1.54, 1.807) is 21.3 Å². The average Bonchev–Trinajstić information content (AvgIpc) is 3.71. The molecule has 3 saturated heterocycles. The topological polar surface area (TPSA) is 111 Å². The molecule has 17 atom stereocenters. The third kappa shape index (κ3) is 8.59. The van der Waals surface area contributed by atoms with E-state index in [0.29, 0.717) is 18.4 Å². The fraction of sp³-hybridized carbons (Fsp3) is 0.860. The number of fused-ring (bicyclic) bond motifs is 5. The molecule has 11 nitrogen and oxygen atoms in total. The molecule has 3 aliphatic heterocycles. The highest BCUT2D eigenvalue weighted by molar-refractivity contribution is 5.99. The van der Waals surface area contributed by atoms with Crippen LogP contribution in [0.25, 0.3) is 0 Å². The number of hydrogen-bond acceptors (Lipinski definition) is 11. The van der Waals surface area contributed by atoms with Gasteiger partial charge in [0.05, 0.1) is 30.8 Å². The number of likely N-dealkylation sites (N-methyl/N-ethyl adjacent to an activating group) is 1. The quantitative estimate of drug-likeness (QED) is 0.200. The Bertz CT molecular complexity index is 1370. The molecule has 0 aromatic carbocycles. The van der Waals surface area contributed by atoms with Crippen molar-refractivity contribution in [1.82, 2.24) is 4.90 Å². The zero-order valence-electron chi connectivity index (χ0n) is 34.7. The van der Waals surface area contributed by atoms with Crippen molar-refractivity contribution in [2.24, 2.45) is 41.4 Å². The normalized spacial score (nSPS) is 44.8. The number of ketones is 1. The van der Waals surface area contributed by atoms with Crippen molar-refractivity contribution in [3.63, 3.8) is 0 Å². The molecule has 0 bridgehead atoms. The number of Topliss-reactive ketones (excluding diaryl/α,β-unsaturated/α-hetero) is 1. The molecule has 54 heavy (non-hydrogen) atoms.